The Morgan fingerprint density at radius 1 is 1.20 bits per heavy atom. The van der Waals surface area contributed by atoms with Crippen molar-refractivity contribution in [1.82, 2.24) is 4.90 Å². The third-order valence-corrected chi connectivity index (χ3v) is 2.62. The van der Waals surface area contributed by atoms with Gasteiger partial charge in [0.15, 0.2) is 0 Å². The van der Waals surface area contributed by atoms with Crippen LogP contribution in [0.1, 0.15) is 31.1 Å². The fourth-order valence-electron chi connectivity index (χ4n) is 1.85. The third kappa shape index (κ3) is 4.91. The molecule has 0 aliphatic heterocycles. The summed E-state index contributed by atoms with van der Waals surface area (Å²) in [5, 5.41) is 8.94. The van der Waals surface area contributed by atoms with E-state index in [2.05, 4.69) is 0 Å². The Balaban J connectivity index is 2.93. The molecule has 1 aromatic carbocycles. The van der Waals surface area contributed by atoms with Crippen molar-refractivity contribution >= 4 is 11.9 Å². The Morgan fingerprint density at radius 2 is 1.75 bits per heavy atom. The number of carboxylic acid groups (broad SMARTS) is 1. The molecule has 0 spiro atoms. The average molecular weight is 279 g/mol. The van der Waals surface area contributed by atoms with Crippen molar-refractivity contribution < 1.29 is 19.4 Å². The van der Waals surface area contributed by atoms with Crippen LogP contribution in [0.5, 0.6) is 5.75 Å². The molecular weight excluding hydrogens is 258 g/mol. The van der Waals surface area contributed by atoms with Gasteiger partial charge in [-0.2, -0.15) is 0 Å². The van der Waals surface area contributed by atoms with Gasteiger partial charge in [-0.1, -0.05) is 20.8 Å². The van der Waals surface area contributed by atoms with Crippen LogP contribution in [0.2, 0.25) is 0 Å². The van der Waals surface area contributed by atoms with E-state index >= 15 is 0 Å². The molecule has 0 saturated heterocycles. The van der Waals surface area contributed by atoms with Crippen LogP contribution in [-0.2, 0) is 4.79 Å². The molecule has 1 aromatic rings. The third-order valence-electron chi connectivity index (χ3n) is 2.62. The molecule has 1 N–H and O–H groups in total. The Morgan fingerprint density at radius 3 is 2.15 bits per heavy atom. The van der Waals surface area contributed by atoms with Crippen LogP contribution in [0, 0.1) is 5.41 Å². The van der Waals surface area contributed by atoms with E-state index in [0.29, 0.717) is 17.9 Å². The van der Waals surface area contributed by atoms with Crippen molar-refractivity contribution in [3.05, 3.63) is 29.8 Å². The van der Waals surface area contributed by atoms with E-state index < -0.39 is 5.97 Å². The molecule has 0 unspecified atom stereocenters. The van der Waals surface area contributed by atoms with E-state index in [1.807, 2.05) is 20.8 Å². The predicted molar refractivity (Wildman–Crippen MR) is 76.0 cm³/mol. The van der Waals surface area contributed by atoms with Crippen molar-refractivity contribution in [2.24, 2.45) is 5.41 Å². The maximum Gasteiger partial charge on any atom is 0.323 e. The number of rotatable bonds is 5. The fourth-order valence-corrected chi connectivity index (χ4v) is 1.85. The maximum atomic E-state index is 12.4. The van der Waals surface area contributed by atoms with E-state index in [9.17, 15) is 9.59 Å². The summed E-state index contributed by atoms with van der Waals surface area (Å²) in [4.78, 5) is 24.6. The monoisotopic (exact) mass is 279 g/mol. The Hall–Kier alpha value is -2.04. The summed E-state index contributed by atoms with van der Waals surface area (Å²) >= 11 is 0. The second kappa shape index (κ2) is 6.41. The molecule has 0 aliphatic rings. The highest BCUT2D eigenvalue weighted by molar-refractivity contribution is 5.96. The molecule has 0 aromatic heterocycles. The first-order valence-corrected chi connectivity index (χ1v) is 6.38. The van der Waals surface area contributed by atoms with Gasteiger partial charge in [-0.3, -0.25) is 9.59 Å². The quantitative estimate of drug-likeness (QED) is 0.897. The molecule has 5 nitrogen and oxygen atoms in total. The zero-order valence-electron chi connectivity index (χ0n) is 12.3. The molecule has 110 valence electrons. The number of aliphatic carboxylic acids is 1. The number of ether oxygens (including phenoxy) is 1. The Bertz CT molecular complexity index is 474. The number of nitrogens with zero attached hydrogens (tertiary/aromatic N) is 1. The Kier molecular flexibility index (Phi) is 5.13. The standard InChI is InChI=1S/C15H21NO4/c1-15(2,3)10-16(9-13(17)18)14(19)11-5-7-12(20-4)8-6-11/h5-8H,9-10H2,1-4H3,(H,17,18). The number of carbonyl (C=O) groups excluding carboxylic acids is 1. The number of carboxylic acids is 1. The highest BCUT2D eigenvalue weighted by Gasteiger charge is 2.24. The molecule has 1 rings (SSSR count). The SMILES string of the molecule is COc1ccc(C(=O)N(CC(=O)O)CC(C)(C)C)cc1. The summed E-state index contributed by atoms with van der Waals surface area (Å²) in [5.41, 5.74) is 0.286. The lowest BCUT2D eigenvalue weighted by molar-refractivity contribution is -0.138. The van der Waals surface area contributed by atoms with Gasteiger partial charge in [-0.15, -0.1) is 0 Å². The lowest BCUT2D eigenvalue weighted by Crippen LogP contribution is -2.41. The Labute approximate surface area is 119 Å². The average Bonchev–Trinajstić information content (AvgIpc) is 2.35. The molecule has 1 amide bonds. The molecule has 0 atom stereocenters. The van der Waals surface area contributed by atoms with Crippen LogP contribution in [0.25, 0.3) is 0 Å². The summed E-state index contributed by atoms with van der Waals surface area (Å²) in [6.45, 7) is 5.96. The summed E-state index contributed by atoms with van der Waals surface area (Å²) in [6.07, 6.45) is 0. The largest absolute Gasteiger partial charge is 0.497 e. The number of methoxy groups -OCH3 is 1. The van der Waals surface area contributed by atoms with Gasteiger partial charge in [0.1, 0.15) is 12.3 Å². The van der Waals surface area contributed by atoms with E-state index in [1.54, 1.807) is 31.4 Å². The zero-order chi connectivity index (χ0) is 15.3. The number of carbonyl (C=O) groups is 2. The van der Waals surface area contributed by atoms with E-state index in [-0.39, 0.29) is 17.9 Å². The summed E-state index contributed by atoms with van der Waals surface area (Å²) in [6, 6.07) is 6.64. The van der Waals surface area contributed by atoms with Gasteiger partial charge in [0.05, 0.1) is 7.11 Å². The normalized spacial score (nSPS) is 11.0. The number of benzene rings is 1. The van der Waals surface area contributed by atoms with Gasteiger partial charge < -0.3 is 14.7 Å². The van der Waals surface area contributed by atoms with Crippen molar-refractivity contribution in [3.63, 3.8) is 0 Å². The lowest BCUT2D eigenvalue weighted by Gasteiger charge is -2.28. The van der Waals surface area contributed by atoms with Crippen molar-refractivity contribution in [1.29, 1.82) is 0 Å². The topological polar surface area (TPSA) is 66.8 Å². The van der Waals surface area contributed by atoms with Gasteiger partial charge in [0.25, 0.3) is 5.91 Å². The number of hydrogen-bond acceptors (Lipinski definition) is 3. The van der Waals surface area contributed by atoms with Gasteiger partial charge >= 0.3 is 5.97 Å². The van der Waals surface area contributed by atoms with Crippen molar-refractivity contribution in [2.75, 3.05) is 20.2 Å². The first-order valence-electron chi connectivity index (χ1n) is 6.38. The number of amides is 1. The minimum atomic E-state index is -1.02. The van der Waals surface area contributed by atoms with Gasteiger partial charge in [-0.05, 0) is 29.7 Å². The molecule has 0 saturated carbocycles. The van der Waals surface area contributed by atoms with Gasteiger partial charge in [0, 0.05) is 12.1 Å². The lowest BCUT2D eigenvalue weighted by atomic mass is 9.95. The van der Waals surface area contributed by atoms with Crippen LogP contribution in [0.4, 0.5) is 0 Å². The van der Waals surface area contributed by atoms with E-state index in [4.69, 9.17) is 9.84 Å². The fraction of sp³-hybridized carbons (Fsp3) is 0.467. The van der Waals surface area contributed by atoms with Crippen LogP contribution < -0.4 is 4.74 Å². The van der Waals surface area contributed by atoms with Crippen molar-refractivity contribution in [3.8, 4) is 5.75 Å². The van der Waals surface area contributed by atoms with Crippen LogP contribution in [-0.4, -0.2) is 42.1 Å². The smallest absolute Gasteiger partial charge is 0.323 e. The molecule has 0 fully saturated rings. The second-order valence-electron chi connectivity index (χ2n) is 5.84. The molecule has 5 heteroatoms. The molecule has 0 bridgehead atoms. The van der Waals surface area contributed by atoms with Crippen molar-refractivity contribution in [2.45, 2.75) is 20.8 Å². The first kappa shape index (κ1) is 16.0. The molecular formula is C15H21NO4. The highest BCUT2D eigenvalue weighted by atomic mass is 16.5. The zero-order valence-corrected chi connectivity index (χ0v) is 12.3. The minimum absolute atomic E-state index is 0.169. The summed E-state index contributed by atoms with van der Waals surface area (Å²) in [7, 11) is 1.55. The van der Waals surface area contributed by atoms with Gasteiger partial charge in [-0.25, -0.2) is 0 Å². The first-order chi connectivity index (χ1) is 9.23. The summed E-state index contributed by atoms with van der Waals surface area (Å²) < 4.78 is 5.04. The molecule has 20 heavy (non-hydrogen) atoms. The predicted octanol–water partition coefficient (Wildman–Crippen LogP) is 2.27. The molecule has 0 heterocycles. The van der Waals surface area contributed by atoms with Crippen LogP contribution in [0.15, 0.2) is 24.3 Å². The molecule has 0 aliphatic carbocycles. The minimum Gasteiger partial charge on any atom is -0.497 e. The van der Waals surface area contributed by atoms with E-state index in [0.717, 1.165) is 0 Å². The maximum absolute atomic E-state index is 12.4. The van der Waals surface area contributed by atoms with E-state index in [1.165, 1.54) is 4.90 Å². The summed E-state index contributed by atoms with van der Waals surface area (Å²) in [5.74, 6) is -0.650. The number of hydrogen-bond donors (Lipinski definition) is 1. The van der Waals surface area contributed by atoms with Gasteiger partial charge in [0.2, 0.25) is 0 Å². The van der Waals surface area contributed by atoms with Crippen LogP contribution in [0.3, 0.4) is 0 Å². The highest BCUT2D eigenvalue weighted by Crippen LogP contribution is 2.18. The van der Waals surface area contributed by atoms with Crippen LogP contribution >= 0.6 is 0 Å². The molecule has 0 radical (unpaired) electrons. The second-order valence-corrected chi connectivity index (χ2v) is 5.84.